The SMILES string of the molecule is CC(O)CCC(=O)N(C)Cc1ccc(C(F)(F)F)cc1. The molecule has 0 fully saturated rings. The van der Waals surface area contributed by atoms with Gasteiger partial charge in [-0.1, -0.05) is 12.1 Å². The molecular formula is C14H18F3NO2. The molecule has 0 spiro atoms. The minimum Gasteiger partial charge on any atom is -0.393 e. The predicted octanol–water partition coefficient (Wildman–Crippen LogP) is 2.82. The summed E-state index contributed by atoms with van der Waals surface area (Å²) < 4.78 is 37.2. The number of hydrogen-bond acceptors (Lipinski definition) is 2. The van der Waals surface area contributed by atoms with Crippen molar-refractivity contribution in [3.8, 4) is 0 Å². The first kappa shape index (κ1) is 16.5. The lowest BCUT2D eigenvalue weighted by Gasteiger charge is -2.18. The second-order valence-electron chi connectivity index (χ2n) is 4.83. The monoisotopic (exact) mass is 289 g/mol. The maximum Gasteiger partial charge on any atom is 0.416 e. The summed E-state index contributed by atoms with van der Waals surface area (Å²) in [5.74, 6) is -0.147. The number of nitrogens with zero attached hydrogens (tertiary/aromatic N) is 1. The number of amides is 1. The van der Waals surface area contributed by atoms with E-state index in [2.05, 4.69) is 0 Å². The van der Waals surface area contributed by atoms with Gasteiger partial charge in [0.1, 0.15) is 0 Å². The Morgan fingerprint density at radius 1 is 1.30 bits per heavy atom. The third-order valence-corrected chi connectivity index (χ3v) is 2.90. The number of carbonyl (C=O) groups is 1. The van der Waals surface area contributed by atoms with E-state index < -0.39 is 17.8 Å². The summed E-state index contributed by atoms with van der Waals surface area (Å²) in [5.41, 5.74) is -0.0739. The lowest BCUT2D eigenvalue weighted by Crippen LogP contribution is -2.26. The first-order chi connectivity index (χ1) is 9.20. The Bertz CT molecular complexity index is 441. The number of benzene rings is 1. The number of aliphatic hydroxyl groups excluding tert-OH is 1. The zero-order valence-corrected chi connectivity index (χ0v) is 11.4. The predicted molar refractivity (Wildman–Crippen MR) is 68.8 cm³/mol. The van der Waals surface area contributed by atoms with Crippen LogP contribution in [0.2, 0.25) is 0 Å². The number of carbonyl (C=O) groups excluding carboxylic acids is 1. The average molecular weight is 289 g/mol. The third kappa shape index (κ3) is 5.21. The van der Waals surface area contributed by atoms with Crippen LogP contribution < -0.4 is 0 Å². The van der Waals surface area contributed by atoms with Gasteiger partial charge in [0.25, 0.3) is 0 Å². The summed E-state index contributed by atoms with van der Waals surface area (Å²) >= 11 is 0. The number of halogens is 3. The fraction of sp³-hybridized carbons (Fsp3) is 0.500. The summed E-state index contributed by atoms with van der Waals surface area (Å²) in [5, 5.41) is 9.10. The Morgan fingerprint density at radius 3 is 2.30 bits per heavy atom. The molecule has 0 aliphatic heterocycles. The summed E-state index contributed by atoms with van der Waals surface area (Å²) in [4.78, 5) is 13.1. The standard InChI is InChI=1S/C14H18F3NO2/c1-10(19)3-8-13(20)18(2)9-11-4-6-12(7-5-11)14(15,16)17/h4-7,10,19H,3,8-9H2,1-2H3. The van der Waals surface area contributed by atoms with E-state index in [1.807, 2.05) is 0 Å². The molecule has 0 aliphatic carbocycles. The van der Waals surface area contributed by atoms with E-state index in [1.165, 1.54) is 17.0 Å². The van der Waals surface area contributed by atoms with Crippen LogP contribution in [0, 0.1) is 0 Å². The Balaban J connectivity index is 2.58. The van der Waals surface area contributed by atoms with Crippen LogP contribution in [-0.2, 0) is 17.5 Å². The zero-order chi connectivity index (χ0) is 15.3. The summed E-state index contributed by atoms with van der Waals surface area (Å²) in [6, 6.07) is 4.73. The lowest BCUT2D eigenvalue weighted by molar-refractivity contribution is -0.137. The molecule has 1 aromatic carbocycles. The van der Waals surface area contributed by atoms with Crippen molar-refractivity contribution in [2.24, 2.45) is 0 Å². The third-order valence-electron chi connectivity index (χ3n) is 2.90. The van der Waals surface area contributed by atoms with Crippen LogP contribution in [0.15, 0.2) is 24.3 Å². The highest BCUT2D eigenvalue weighted by Crippen LogP contribution is 2.29. The van der Waals surface area contributed by atoms with Crippen LogP contribution in [0.3, 0.4) is 0 Å². The lowest BCUT2D eigenvalue weighted by atomic mass is 10.1. The largest absolute Gasteiger partial charge is 0.416 e. The summed E-state index contributed by atoms with van der Waals surface area (Å²) in [6.07, 6.45) is -4.30. The molecule has 1 rings (SSSR count). The first-order valence-electron chi connectivity index (χ1n) is 6.28. The van der Waals surface area contributed by atoms with Gasteiger partial charge in [0.05, 0.1) is 11.7 Å². The molecular weight excluding hydrogens is 271 g/mol. The van der Waals surface area contributed by atoms with Crippen molar-refractivity contribution < 1.29 is 23.1 Å². The Labute approximate surface area is 116 Å². The van der Waals surface area contributed by atoms with E-state index in [0.29, 0.717) is 12.0 Å². The highest BCUT2D eigenvalue weighted by atomic mass is 19.4. The van der Waals surface area contributed by atoms with Crippen molar-refractivity contribution in [2.45, 2.75) is 38.6 Å². The van der Waals surface area contributed by atoms with Crippen molar-refractivity contribution in [3.63, 3.8) is 0 Å². The molecule has 0 aliphatic rings. The first-order valence-corrected chi connectivity index (χ1v) is 6.28. The molecule has 0 heterocycles. The second kappa shape index (κ2) is 6.74. The molecule has 1 N–H and O–H groups in total. The molecule has 0 aromatic heterocycles. The van der Waals surface area contributed by atoms with Crippen LogP contribution in [0.5, 0.6) is 0 Å². The number of aliphatic hydroxyl groups is 1. The van der Waals surface area contributed by atoms with Crippen LogP contribution in [0.25, 0.3) is 0 Å². The van der Waals surface area contributed by atoms with Crippen molar-refractivity contribution in [2.75, 3.05) is 7.05 Å². The number of rotatable bonds is 5. The fourth-order valence-corrected chi connectivity index (χ4v) is 1.68. The highest BCUT2D eigenvalue weighted by molar-refractivity contribution is 5.75. The van der Waals surface area contributed by atoms with Gasteiger partial charge < -0.3 is 10.0 Å². The van der Waals surface area contributed by atoms with Crippen LogP contribution >= 0.6 is 0 Å². The van der Waals surface area contributed by atoms with E-state index in [0.717, 1.165) is 12.1 Å². The van der Waals surface area contributed by atoms with E-state index >= 15 is 0 Å². The topological polar surface area (TPSA) is 40.5 Å². The molecule has 0 bridgehead atoms. The van der Waals surface area contributed by atoms with E-state index in [-0.39, 0.29) is 18.9 Å². The molecule has 20 heavy (non-hydrogen) atoms. The van der Waals surface area contributed by atoms with Crippen LogP contribution in [0.4, 0.5) is 13.2 Å². The average Bonchev–Trinajstić information content (AvgIpc) is 2.35. The van der Waals surface area contributed by atoms with Gasteiger partial charge in [-0.3, -0.25) is 4.79 Å². The molecule has 3 nitrogen and oxygen atoms in total. The van der Waals surface area contributed by atoms with Gasteiger partial charge in [-0.05, 0) is 31.0 Å². The molecule has 0 saturated heterocycles. The molecule has 1 atom stereocenters. The number of hydrogen-bond donors (Lipinski definition) is 1. The highest BCUT2D eigenvalue weighted by Gasteiger charge is 2.29. The minimum absolute atomic E-state index is 0.147. The van der Waals surface area contributed by atoms with Gasteiger partial charge in [-0.15, -0.1) is 0 Å². The van der Waals surface area contributed by atoms with Crippen molar-refractivity contribution in [1.29, 1.82) is 0 Å². The Kier molecular flexibility index (Phi) is 5.56. The molecule has 0 saturated carbocycles. The van der Waals surface area contributed by atoms with Gasteiger partial charge in [0.15, 0.2) is 0 Å². The number of alkyl halides is 3. The van der Waals surface area contributed by atoms with Gasteiger partial charge in [-0.2, -0.15) is 13.2 Å². The van der Waals surface area contributed by atoms with Gasteiger partial charge >= 0.3 is 6.18 Å². The minimum atomic E-state index is -4.35. The van der Waals surface area contributed by atoms with Crippen LogP contribution in [-0.4, -0.2) is 29.1 Å². The molecule has 1 aromatic rings. The van der Waals surface area contributed by atoms with E-state index in [4.69, 9.17) is 5.11 Å². The van der Waals surface area contributed by atoms with Crippen LogP contribution in [0.1, 0.15) is 30.9 Å². The molecule has 0 radical (unpaired) electrons. The maximum atomic E-state index is 12.4. The maximum absolute atomic E-state index is 12.4. The quantitative estimate of drug-likeness (QED) is 0.905. The van der Waals surface area contributed by atoms with Crippen molar-refractivity contribution in [1.82, 2.24) is 4.90 Å². The smallest absolute Gasteiger partial charge is 0.393 e. The van der Waals surface area contributed by atoms with E-state index in [1.54, 1.807) is 14.0 Å². The fourth-order valence-electron chi connectivity index (χ4n) is 1.68. The van der Waals surface area contributed by atoms with Gasteiger partial charge in [0.2, 0.25) is 5.91 Å². The Hall–Kier alpha value is -1.56. The summed E-state index contributed by atoms with van der Waals surface area (Å²) in [6.45, 7) is 1.85. The van der Waals surface area contributed by atoms with Crippen molar-refractivity contribution >= 4 is 5.91 Å². The second-order valence-corrected chi connectivity index (χ2v) is 4.83. The normalized spacial score (nSPS) is 13.1. The molecule has 112 valence electrons. The van der Waals surface area contributed by atoms with Crippen molar-refractivity contribution in [3.05, 3.63) is 35.4 Å². The van der Waals surface area contributed by atoms with E-state index in [9.17, 15) is 18.0 Å². The van der Waals surface area contributed by atoms with Gasteiger partial charge in [0, 0.05) is 20.0 Å². The van der Waals surface area contributed by atoms with Gasteiger partial charge in [-0.25, -0.2) is 0 Å². The molecule has 1 unspecified atom stereocenters. The zero-order valence-electron chi connectivity index (χ0n) is 11.4. The molecule has 6 heteroatoms. The molecule has 1 amide bonds. The summed E-state index contributed by atoms with van der Waals surface area (Å²) in [7, 11) is 1.59. The Morgan fingerprint density at radius 2 is 1.85 bits per heavy atom.